The number of hydrogen-bond donors (Lipinski definition) is 0. The molecule has 0 aliphatic rings. The van der Waals surface area contributed by atoms with E-state index in [-0.39, 0.29) is 0 Å². The van der Waals surface area contributed by atoms with E-state index in [1.165, 1.54) is 38.5 Å². The van der Waals surface area contributed by atoms with Crippen LogP contribution in [0.15, 0.2) is 12.7 Å². The van der Waals surface area contributed by atoms with Crippen LogP contribution in [-0.4, -0.2) is 43.3 Å². The van der Waals surface area contributed by atoms with Gasteiger partial charge in [-0.2, -0.15) is 0 Å². The molecule has 0 saturated heterocycles. The Labute approximate surface area is 138 Å². The summed E-state index contributed by atoms with van der Waals surface area (Å²) in [4.78, 5) is 0. The first kappa shape index (κ1) is 21.8. The molecule has 4 nitrogen and oxygen atoms in total. The summed E-state index contributed by atoms with van der Waals surface area (Å²) in [6.07, 6.45) is 13.2. The lowest BCUT2D eigenvalue weighted by Gasteiger charge is -2.24. The van der Waals surface area contributed by atoms with Gasteiger partial charge in [0.15, 0.2) is 0 Å². The minimum atomic E-state index is -2.40. The second-order valence-electron chi connectivity index (χ2n) is 5.56. The predicted octanol–water partition coefficient (Wildman–Crippen LogP) is 4.58. The molecule has 0 atom stereocenters. The largest absolute Gasteiger partial charge is 0.500 e. The Hall–Kier alpha value is -0.203. The van der Waals surface area contributed by atoms with Gasteiger partial charge in [0.05, 0.1) is 0 Å². The van der Waals surface area contributed by atoms with Crippen molar-refractivity contribution in [2.75, 3.05) is 34.5 Å². The van der Waals surface area contributed by atoms with Crippen molar-refractivity contribution in [3.8, 4) is 0 Å². The summed E-state index contributed by atoms with van der Waals surface area (Å²) in [5.74, 6) is 0. The minimum Gasteiger partial charge on any atom is -0.381 e. The Bertz CT molecular complexity index is 237. The number of hydrogen-bond acceptors (Lipinski definition) is 4. The summed E-state index contributed by atoms with van der Waals surface area (Å²) in [5, 5.41) is 0. The van der Waals surface area contributed by atoms with E-state index >= 15 is 0 Å². The molecule has 0 spiro atoms. The van der Waals surface area contributed by atoms with Crippen LogP contribution < -0.4 is 0 Å². The highest BCUT2D eigenvalue weighted by Gasteiger charge is 2.36. The third-order valence-corrected chi connectivity index (χ3v) is 6.73. The molecule has 0 N–H and O–H groups in total. The fraction of sp³-hybridized carbons (Fsp3) is 0.882. The molecule has 0 aromatic heterocycles. The van der Waals surface area contributed by atoms with Crippen LogP contribution in [0.1, 0.15) is 57.8 Å². The van der Waals surface area contributed by atoms with Crippen molar-refractivity contribution in [1.82, 2.24) is 0 Å². The van der Waals surface area contributed by atoms with Gasteiger partial charge in [-0.15, -0.1) is 6.58 Å². The van der Waals surface area contributed by atoms with Crippen LogP contribution in [0.5, 0.6) is 0 Å². The third kappa shape index (κ3) is 11.4. The summed E-state index contributed by atoms with van der Waals surface area (Å²) < 4.78 is 21.8. The molecule has 0 aliphatic heterocycles. The lowest BCUT2D eigenvalue weighted by molar-refractivity contribution is 0.106. The van der Waals surface area contributed by atoms with Crippen LogP contribution in [0.2, 0.25) is 6.04 Å². The van der Waals surface area contributed by atoms with Crippen molar-refractivity contribution in [3.63, 3.8) is 0 Å². The van der Waals surface area contributed by atoms with E-state index in [0.29, 0.717) is 0 Å². The molecular weight excluding hydrogens is 296 g/mol. The topological polar surface area (TPSA) is 36.9 Å². The molecule has 0 radical (unpaired) electrons. The van der Waals surface area contributed by atoms with E-state index in [2.05, 4.69) is 6.58 Å². The molecule has 0 saturated carbocycles. The Morgan fingerprint density at radius 2 is 1.23 bits per heavy atom. The fourth-order valence-corrected chi connectivity index (χ4v) is 4.12. The first-order valence-electron chi connectivity index (χ1n) is 8.58. The average Bonchev–Trinajstić information content (AvgIpc) is 2.56. The normalized spacial score (nSPS) is 11.8. The molecule has 132 valence electrons. The molecule has 0 bridgehead atoms. The van der Waals surface area contributed by atoms with Crippen LogP contribution in [0.4, 0.5) is 0 Å². The molecule has 0 heterocycles. The van der Waals surface area contributed by atoms with E-state index in [1.54, 1.807) is 21.3 Å². The second kappa shape index (κ2) is 15.7. The van der Waals surface area contributed by atoms with E-state index < -0.39 is 8.80 Å². The minimum absolute atomic E-state index is 0.756. The first-order chi connectivity index (χ1) is 10.7. The average molecular weight is 333 g/mol. The van der Waals surface area contributed by atoms with Gasteiger partial charge in [-0.3, -0.25) is 0 Å². The Balaban J connectivity index is 3.28. The highest BCUT2D eigenvalue weighted by Crippen LogP contribution is 2.15. The van der Waals surface area contributed by atoms with Gasteiger partial charge in [0.1, 0.15) is 0 Å². The third-order valence-electron chi connectivity index (χ3n) is 3.90. The van der Waals surface area contributed by atoms with Crippen molar-refractivity contribution in [1.29, 1.82) is 0 Å². The smallest absolute Gasteiger partial charge is 0.381 e. The van der Waals surface area contributed by atoms with Crippen LogP contribution >= 0.6 is 0 Å². The van der Waals surface area contributed by atoms with E-state index in [4.69, 9.17) is 18.0 Å². The summed E-state index contributed by atoms with van der Waals surface area (Å²) in [5.41, 5.74) is 0. The van der Waals surface area contributed by atoms with Gasteiger partial charge in [0.2, 0.25) is 0 Å². The van der Waals surface area contributed by atoms with Gasteiger partial charge in [0.25, 0.3) is 0 Å². The highest BCUT2D eigenvalue weighted by atomic mass is 28.4. The number of rotatable bonds is 17. The van der Waals surface area contributed by atoms with Crippen LogP contribution in [0.25, 0.3) is 0 Å². The van der Waals surface area contributed by atoms with E-state index in [0.717, 1.165) is 38.5 Å². The van der Waals surface area contributed by atoms with Crippen molar-refractivity contribution in [2.45, 2.75) is 63.8 Å². The Kier molecular flexibility index (Phi) is 15.5. The van der Waals surface area contributed by atoms with Gasteiger partial charge >= 0.3 is 8.80 Å². The second-order valence-corrected chi connectivity index (χ2v) is 8.65. The number of ether oxygens (including phenoxy) is 1. The first-order valence-corrected chi connectivity index (χ1v) is 10.5. The van der Waals surface area contributed by atoms with Gasteiger partial charge in [0, 0.05) is 40.6 Å². The molecular formula is C17H36O4Si. The van der Waals surface area contributed by atoms with E-state index in [9.17, 15) is 0 Å². The monoisotopic (exact) mass is 332 g/mol. The molecule has 5 heteroatoms. The zero-order chi connectivity index (χ0) is 16.5. The standard InChI is InChI=1S/C17H36O4Si/c1-5-6-7-8-9-10-11-12-13-15-21-16-14-17-22(18-2,19-3)20-4/h5H,1,6-17H2,2-4H3. The summed E-state index contributed by atoms with van der Waals surface area (Å²) >= 11 is 0. The molecule has 0 amide bonds. The van der Waals surface area contributed by atoms with Crippen molar-refractivity contribution in [2.24, 2.45) is 0 Å². The summed E-state index contributed by atoms with van der Waals surface area (Å²) in [6.45, 7) is 5.36. The van der Waals surface area contributed by atoms with Gasteiger partial charge in [-0.05, 0) is 25.7 Å². The number of unbranched alkanes of at least 4 members (excludes halogenated alkanes) is 7. The molecule has 0 aliphatic carbocycles. The summed E-state index contributed by atoms with van der Waals surface area (Å²) in [6, 6.07) is 0.807. The lowest BCUT2D eigenvalue weighted by Crippen LogP contribution is -2.42. The van der Waals surface area contributed by atoms with Gasteiger partial charge in [-0.25, -0.2) is 0 Å². The fourth-order valence-electron chi connectivity index (χ4n) is 2.43. The van der Waals surface area contributed by atoms with E-state index in [1.807, 2.05) is 6.08 Å². The number of allylic oxidation sites excluding steroid dienone is 1. The molecule has 22 heavy (non-hydrogen) atoms. The molecule has 0 fully saturated rings. The van der Waals surface area contributed by atoms with Crippen LogP contribution in [-0.2, 0) is 18.0 Å². The SMILES string of the molecule is C=CCCCCCCCCCOCCC[Si](OC)(OC)OC. The quantitative estimate of drug-likeness (QED) is 0.222. The van der Waals surface area contributed by atoms with Crippen molar-refractivity contribution >= 4 is 8.80 Å². The Morgan fingerprint density at radius 1 is 0.727 bits per heavy atom. The molecule has 0 aromatic rings. The van der Waals surface area contributed by atoms with Crippen LogP contribution in [0.3, 0.4) is 0 Å². The predicted molar refractivity (Wildman–Crippen MR) is 94.2 cm³/mol. The zero-order valence-corrected chi connectivity index (χ0v) is 15.9. The molecule has 0 aromatic carbocycles. The van der Waals surface area contributed by atoms with Crippen molar-refractivity contribution in [3.05, 3.63) is 12.7 Å². The van der Waals surface area contributed by atoms with Crippen molar-refractivity contribution < 1.29 is 18.0 Å². The molecule has 0 unspecified atom stereocenters. The zero-order valence-electron chi connectivity index (χ0n) is 14.9. The highest BCUT2D eigenvalue weighted by molar-refractivity contribution is 6.60. The maximum Gasteiger partial charge on any atom is 0.500 e. The lowest BCUT2D eigenvalue weighted by atomic mass is 10.1. The maximum absolute atomic E-state index is 5.67. The Morgan fingerprint density at radius 3 is 1.77 bits per heavy atom. The maximum atomic E-state index is 5.67. The molecule has 0 rings (SSSR count). The van der Waals surface area contributed by atoms with Gasteiger partial charge in [-0.1, -0.05) is 38.2 Å². The van der Waals surface area contributed by atoms with Crippen LogP contribution in [0, 0.1) is 0 Å². The summed E-state index contributed by atoms with van der Waals surface area (Å²) in [7, 11) is 2.55. The van der Waals surface area contributed by atoms with Gasteiger partial charge < -0.3 is 18.0 Å².